The Labute approximate surface area is 249 Å². The van der Waals surface area contributed by atoms with Gasteiger partial charge in [-0.1, -0.05) is 70.5 Å². The van der Waals surface area contributed by atoms with Crippen molar-refractivity contribution >= 4 is 28.1 Å². The Bertz CT molecular complexity index is 1810. The van der Waals surface area contributed by atoms with Gasteiger partial charge in [-0.25, -0.2) is 4.98 Å². The summed E-state index contributed by atoms with van der Waals surface area (Å²) in [5, 5.41) is 20.6. The minimum absolute atomic E-state index is 0. The predicted molar refractivity (Wildman–Crippen MR) is 156 cm³/mol. The molecular formula is C34H29N4OPt-. The van der Waals surface area contributed by atoms with Crippen LogP contribution in [-0.4, -0.2) is 15.1 Å². The van der Waals surface area contributed by atoms with Crippen LogP contribution in [0.25, 0.3) is 22.2 Å². The summed E-state index contributed by atoms with van der Waals surface area (Å²) in [6, 6.07) is 29.6. The van der Waals surface area contributed by atoms with Crippen molar-refractivity contribution in [1.29, 1.82) is 5.26 Å². The van der Waals surface area contributed by atoms with Crippen molar-refractivity contribution in [2.75, 3.05) is 4.90 Å². The van der Waals surface area contributed by atoms with Crippen LogP contribution in [0.3, 0.4) is 0 Å². The molecule has 3 heterocycles. The molecule has 0 bridgehead atoms. The number of nitrogens with zero attached hydrogens (tertiary/aromatic N) is 4. The number of benzene rings is 3. The number of hydrogen-bond acceptors (Lipinski definition) is 5. The van der Waals surface area contributed by atoms with Gasteiger partial charge >= 0.3 is 0 Å². The van der Waals surface area contributed by atoms with Gasteiger partial charge in [0.25, 0.3) is 0 Å². The molecule has 2 aromatic heterocycles. The number of rotatable bonds is 2. The third kappa shape index (κ3) is 4.37. The minimum atomic E-state index is -0.254. The average Bonchev–Trinajstić information content (AvgIpc) is 2.93. The third-order valence-corrected chi connectivity index (χ3v) is 7.71. The van der Waals surface area contributed by atoms with E-state index in [1.807, 2.05) is 24.4 Å². The Balaban J connectivity index is 0.00000323. The zero-order chi connectivity index (χ0) is 27.5. The predicted octanol–water partition coefficient (Wildman–Crippen LogP) is 8.08. The standard InChI is InChI=1S/C34H29N4O.Pt/c1-33(2,3)23-16-17-36-31(19-23)38-28-9-7-6-8-25(28)34(4,5)26-13-10-21(18-29(26)38)27-14-12-24-22(20-35)11-15-30(39)32(24)37-27;/h6-17,19,39H,1-5H3;/q-1;. The molecule has 6 rings (SSSR count). The molecule has 5 nitrogen and oxygen atoms in total. The number of fused-ring (bicyclic) bond motifs is 3. The molecule has 0 saturated heterocycles. The molecule has 40 heavy (non-hydrogen) atoms. The van der Waals surface area contributed by atoms with E-state index >= 15 is 0 Å². The number of para-hydroxylation sites is 1. The molecule has 0 aliphatic carbocycles. The van der Waals surface area contributed by atoms with Crippen molar-refractivity contribution in [2.45, 2.75) is 45.4 Å². The van der Waals surface area contributed by atoms with E-state index < -0.39 is 0 Å². The molecule has 5 aromatic rings. The van der Waals surface area contributed by atoms with Crippen LogP contribution in [0.4, 0.5) is 17.2 Å². The van der Waals surface area contributed by atoms with Crippen LogP contribution in [0, 0.1) is 17.4 Å². The number of anilines is 3. The van der Waals surface area contributed by atoms with Crippen LogP contribution in [0.1, 0.15) is 56.9 Å². The van der Waals surface area contributed by atoms with Crippen LogP contribution in [0.2, 0.25) is 0 Å². The van der Waals surface area contributed by atoms with Crippen molar-refractivity contribution in [3.8, 4) is 23.1 Å². The van der Waals surface area contributed by atoms with Gasteiger partial charge in [0, 0.05) is 38.3 Å². The number of aromatic nitrogens is 2. The van der Waals surface area contributed by atoms with E-state index in [4.69, 9.17) is 9.97 Å². The third-order valence-electron chi connectivity index (χ3n) is 7.71. The Kier molecular flexibility index (Phi) is 6.81. The molecule has 3 aromatic carbocycles. The molecule has 0 unspecified atom stereocenters. The number of aromatic hydroxyl groups is 1. The maximum absolute atomic E-state index is 10.5. The van der Waals surface area contributed by atoms with Crippen LogP contribution in [0.5, 0.6) is 5.75 Å². The second kappa shape index (κ2) is 9.88. The smallest absolute Gasteiger partial charge is 0.140 e. The zero-order valence-electron chi connectivity index (χ0n) is 23.1. The van der Waals surface area contributed by atoms with Gasteiger partial charge in [0.2, 0.25) is 0 Å². The Morgan fingerprint density at radius 3 is 2.48 bits per heavy atom. The van der Waals surface area contributed by atoms with E-state index in [0.29, 0.717) is 22.2 Å². The molecule has 6 heteroatoms. The summed E-state index contributed by atoms with van der Waals surface area (Å²) in [6.07, 6.45) is 1.88. The van der Waals surface area contributed by atoms with Gasteiger partial charge in [-0.3, -0.25) is 4.98 Å². The number of phenols is 1. The first-order valence-corrected chi connectivity index (χ1v) is 13.1. The molecule has 0 atom stereocenters. The first kappa shape index (κ1) is 27.6. The fraction of sp³-hybridized carbons (Fsp3) is 0.206. The second-order valence-electron chi connectivity index (χ2n) is 11.6. The van der Waals surface area contributed by atoms with Gasteiger partial charge in [0.1, 0.15) is 17.1 Å². The first-order chi connectivity index (χ1) is 18.6. The summed E-state index contributed by atoms with van der Waals surface area (Å²) in [5.74, 6) is 0.881. The Morgan fingerprint density at radius 2 is 1.73 bits per heavy atom. The summed E-state index contributed by atoms with van der Waals surface area (Å²) < 4.78 is 0. The minimum Gasteiger partial charge on any atom is -0.506 e. The quantitative estimate of drug-likeness (QED) is 0.188. The van der Waals surface area contributed by atoms with Crippen LogP contribution < -0.4 is 4.90 Å². The maximum Gasteiger partial charge on any atom is 0.140 e. The molecule has 1 N–H and O–H groups in total. The van der Waals surface area contributed by atoms with E-state index in [1.54, 1.807) is 6.07 Å². The number of phenolic OH excluding ortho intramolecular Hbond substituents is 1. The van der Waals surface area contributed by atoms with Crippen molar-refractivity contribution in [3.05, 3.63) is 107 Å². The fourth-order valence-corrected chi connectivity index (χ4v) is 5.47. The molecule has 0 spiro atoms. The zero-order valence-corrected chi connectivity index (χ0v) is 25.3. The van der Waals surface area contributed by atoms with Gasteiger partial charge in [-0.15, -0.1) is 23.8 Å². The van der Waals surface area contributed by atoms with Crippen LogP contribution >= 0.6 is 0 Å². The molecule has 0 saturated carbocycles. The molecule has 1 aliphatic heterocycles. The van der Waals surface area contributed by atoms with Gasteiger partial charge in [0.05, 0.1) is 11.6 Å². The van der Waals surface area contributed by atoms with E-state index in [1.165, 1.54) is 17.2 Å². The van der Waals surface area contributed by atoms with Crippen molar-refractivity contribution < 1.29 is 26.2 Å². The number of pyridine rings is 2. The number of nitriles is 1. The first-order valence-electron chi connectivity index (χ1n) is 13.1. The average molecular weight is 705 g/mol. The van der Waals surface area contributed by atoms with Gasteiger partial charge < -0.3 is 10.0 Å². The molecule has 0 radical (unpaired) electrons. The summed E-state index contributed by atoms with van der Waals surface area (Å²) in [4.78, 5) is 11.8. The largest absolute Gasteiger partial charge is 0.506 e. The van der Waals surface area contributed by atoms with E-state index in [2.05, 4.69) is 94.1 Å². The molecular weight excluding hydrogens is 675 g/mol. The SMILES string of the molecule is CC(C)(C)c1ccnc(N2c3[c-]c(-c4ccc5c(C#N)ccc(O)c5n4)ccc3C(C)(C)c3ccccc32)c1.[Pt]. The van der Waals surface area contributed by atoms with Crippen molar-refractivity contribution in [3.63, 3.8) is 0 Å². The van der Waals surface area contributed by atoms with Gasteiger partial charge in [-0.2, -0.15) is 5.26 Å². The fourth-order valence-electron chi connectivity index (χ4n) is 5.47. The monoisotopic (exact) mass is 704 g/mol. The maximum atomic E-state index is 10.5. The summed E-state index contributed by atoms with van der Waals surface area (Å²) >= 11 is 0. The number of hydrogen-bond donors (Lipinski definition) is 1. The van der Waals surface area contributed by atoms with E-state index in [-0.39, 0.29) is 37.6 Å². The topological polar surface area (TPSA) is 73.0 Å². The Morgan fingerprint density at radius 1 is 0.950 bits per heavy atom. The summed E-state index contributed by atoms with van der Waals surface area (Å²) in [7, 11) is 0. The van der Waals surface area contributed by atoms with Crippen molar-refractivity contribution in [1.82, 2.24) is 9.97 Å². The normalized spacial score (nSPS) is 13.7. The molecule has 0 fully saturated rings. The van der Waals surface area contributed by atoms with E-state index in [9.17, 15) is 10.4 Å². The van der Waals surface area contributed by atoms with Crippen molar-refractivity contribution in [2.24, 2.45) is 0 Å². The molecule has 202 valence electrons. The molecule has 1 aliphatic rings. The molecule has 0 amide bonds. The van der Waals surface area contributed by atoms with Gasteiger partial charge in [-0.05, 0) is 63.7 Å². The summed E-state index contributed by atoms with van der Waals surface area (Å²) in [6.45, 7) is 11.1. The Hall–Kier alpha value is -4.00. The van der Waals surface area contributed by atoms with Crippen LogP contribution in [-0.2, 0) is 31.9 Å². The van der Waals surface area contributed by atoms with Crippen LogP contribution in [0.15, 0.2) is 79.0 Å². The van der Waals surface area contributed by atoms with E-state index in [0.717, 1.165) is 28.3 Å². The second-order valence-corrected chi connectivity index (χ2v) is 11.6. The van der Waals surface area contributed by atoms with Gasteiger partial charge in [0.15, 0.2) is 0 Å². The summed E-state index contributed by atoms with van der Waals surface area (Å²) in [5.41, 5.74) is 7.63.